The van der Waals surface area contributed by atoms with Crippen molar-refractivity contribution in [2.75, 3.05) is 38.0 Å². The summed E-state index contributed by atoms with van der Waals surface area (Å²) in [4.78, 5) is 39.1. The third-order valence-corrected chi connectivity index (χ3v) is 10.2. The van der Waals surface area contributed by atoms with E-state index in [1.165, 1.54) is 46.7 Å². The Morgan fingerprint density at radius 1 is 0.870 bits per heavy atom. The highest BCUT2D eigenvalue weighted by Gasteiger charge is 2.50. The molecule has 1 heterocycles. The number of thiocarbonyl (C=S) groups is 1. The van der Waals surface area contributed by atoms with Gasteiger partial charge in [0.15, 0.2) is 5.11 Å². The van der Waals surface area contributed by atoms with E-state index in [2.05, 4.69) is 34.4 Å². The van der Waals surface area contributed by atoms with Crippen molar-refractivity contribution in [2.45, 2.75) is 56.4 Å². The summed E-state index contributed by atoms with van der Waals surface area (Å²) in [6.07, 6.45) is 3.58. The van der Waals surface area contributed by atoms with E-state index in [4.69, 9.17) is 40.0 Å². The van der Waals surface area contributed by atoms with Gasteiger partial charge >= 0.3 is 6.15 Å². The molecule has 1 fully saturated rings. The van der Waals surface area contributed by atoms with Crippen molar-refractivity contribution in [3.63, 3.8) is 0 Å². The lowest BCUT2D eigenvalue weighted by Gasteiger charge is -2.29. The monoisotopic (exact) mass is 815 g/mol. The summed E-state index contributed by atoms with van der Waals surface area (Å²) >= 11 is 11.8. The van der Waals surface area contributed by atoms with Gasteiger partial charge < -0.3 is 14.7 Å². The molecule has 4 rings (SSSR count). The lowest BCUT2D eigenvalue weighted by Crippen LogP contribution is -2.44. The van der Waals surface area contributed by atoms with Crippen LogP contribution < -0.4 is 9.80 Å². The van der Waals surface area contributed by atoms with E-state index in [1.54, 1.807) is 88.2 Å². The zero-order valence-electron chi connectivity index (χ0n) is 31.3. The first-order chi connectivity index (χ1) is 24.9. The van der Waals surface area contributed by atoms with Gasteiger partial charge in [-0.1, -0.05) is 56.6 Å². The molecule has 1 amide bonds. The Balaban J connectivity index is 0.000000390. The molecule has 1 aliphatic heterocycles. The minimum absolute atomic E-state index is 0.0259. The number of carbonyl (C=O) groups is 1. The zero-order valence-corrected chi connectivity index (χ0v) is 34.5. The number of hydrogen-bond donors (Lipinski definition) is 0. The van der Waals surface area contributed by atoms with Crippen LogP contribution in [-0.2, 0) is 40.9 Å². The van der Waals surface area contributed by atoms with Crippen molar-refractivity contribution in [3.8, 4) is 0 Å². The van der Waals surface area contributed by atoms with Crippen molar-refractivity contribution in [3.05, 3.63) is 88.7 Å². The van der Waals surface area contributed by atoms with Gasteiger partial charge in [-0.15, -0.1) is 8.80 Å². The average molecular weight is 816 g/mol. The molecule has 288 valence electrons. The minimum atomic E-state index is -3.94. The first kappa shape index (κ1) is 45.2. The molecule has 0 spiro atoms. The molecule has 0 bridgehead atoms. The predicted molar refractivity (Wildman–Crippen MR) is 214 cm³/mol. The van der Waals surface area contributed by atoms with Gasteiger partial charge in [0.1, 0.15) is 18.2 Å². The second kappa shape index (κ2) is 18.4. The van der Waals surface area contributed by atoms with Gasteiger partial charge in [0, 0.05) is 38.9 Å². The number of nitrogens with zero attached hydrogens (tertiary/aromatic N) is 7. The molecule has 0 aliphatic carbocycles. The van der Waals surface area contributed by atoms with E-state index in [0.29, 0.717) is 11.4 Å². The maximum Gasteiger partial charge on any atom is 0.373 e. The summed E-state index contributed by atoms with van der Waals surface area (Å²) in [5, 5.41) is 0.370. The highest BCUT2D eigenvalue weighted by molar-refractivity contribution is 7.90. The summed E-state index contributed by atoms with van der Waals surface area (Å²) in [7, 11) is -0.755. The number of rotatable bonds is 9. The van der Waals surface area contributed by atoms with Crippen molar-refractivity contribution in [1.82, 2.24) is 9.80 Å². The van der Waals surface area contributed by atoms with E-state index in [0.717, 1.165) is 12.0 Å². The second-order valence-electron chi connectivity index (χ2n) is 13.8. The molecular formula is C36H42ClN7O7S3. The summed E-state index contributed by atoms with van der Waals surface area (Å²) in [5.74, 6) is -0.312. The van der Waals surface area contributed by atoms with E-state index in [-0.39, 0.29) is 43.1 Å². The summed E-state index contributed by atoms with van der Waals surface area (Å²) in [6.45, 7) is 16.9. The average Bonchev–Trinajstić information content (AvgIpc) is 3.25. The molecular weight excluding hydrogens is 774 g/mol. The van der Waals surface area contributed by atoms with Crippen LogP contribution in [0.15, 0.2) is 85.3 Å². The highest BCUT2D eigenvalue weighted by atomic mass is 35.5. The molecule has 0 atom stereocenters. The third kappa shape index (κ3) is 12.0. The number of hydrogen-bond acceptors (Lipinski definition) is 8. The van der Waals surface area contributed by atoms with Gasteiger partial charge in [0.05, 0.1) is 22.1 Å². The Bertz CT molecular complexity index is 2220. The number of benzene rings is 3. The van der Waals surface area contributed by atoms with Gasteiger partial charge in [0.25, 0.3) is 26.0 Å². The summed E-state index contributed by atoms with van der Waals surface area (Å²) in [6, 6.07) is 17.7. The van der Waals surface area contributed by atoms with Gasteiger partial charge in [-0.3, -0.25) is 9.69 Å². The molecule has 0 aromatic heterocycles. The Morgan fingerprint density at radius 2 is 1.37 bits per heavy atom. The van der Waals surface area contributed by atoms with Crippen LogP contribution in [0.25, 0.3) is 4.85 Å². The van der Waals surface area contributed by atoms with Crippen LogP contribution in [0.5, 0.6) is 0 Å². The largest absolute Gasteiger partial charge is 0.373 e. The van der Waals surface area contributed by atoms with Crippen LogP contribution in [0.3, 0.4) is 0 Å². The number of carbonyl (C=O) groups excluding carboxylic acids is 3. The van der Waals surface area contributed by atoms with E-state index in [1.807, 2.05) is 6.07 Å². The normalized spacial score (nSPS) is 14.2. The first-order valence-corrected chi connectivity index (χ1v) is 19.6. The predicted octanol–water partition coefficient (Wildman–Crippen LogP) is 6.06. The molecule has 3 aromatic carbocycles. The van der Waals surface area contributed by atoms with Crippen molar-refractivity contribution in [1.29, 1.82) is 0 Å². The highest BCUT2D eigenvalue weighted by Crippen LogP contribution is 2.39. The topological polar surface area (TPSA) is 162 Å². The van der Waals surface area contributed by atoms with Crippen LogP contribution in [0.1, 0.15) is 40.2 Å². The van der Waals surface area contributed by atoms with Gasteiger partial charge in [-0.2, -0.15) is 26.4 Å². The van der Waals surface area contributed by atoms with Crippen LogP contribution in [0.4, 0.5) is 17.1 Å². The molecule has 0 radical (unpaired) electrons. The summed E-state index contributed by atoms with van der Waals surface area (Å²) in [5.41, 5.74) is 1.15. The maximum absolute atomic E-state index is 13.3. The van der Waals surface area contributed by atoms with Gasteiger partial charge in [0.2, 0.25) is 5.69 Å². The standard InChI is InChI=1S/C21H20ClN5O3S2.C14H22N2O2S.CO2/c1-21(2)19(28)26(14-9-10-18(23-3)17(22)12-14)20(31)27(21)15-7-6-8-16(11-15)32(29,30)24-13-25(4)5;1-14(2,3)10-12-7-6-8-13(9-12)19(17,18)15-11-16(4)5;2-1-3/h6-13H,1-2,4-5H3;6-9,11H,10H2,1-5H3;. The molecule has 0 unspecified atom stereocenters. The number of halogens is 1. The Labute approximate surface area is 327 Å². The van der Waals surface area contributed by atoms with Crippen molar-refractivity contribution >= 4 is 90.8 Å². The molecule has 18 heteroatoms. The Kier molecular flexibility index (Phi) is 15.4. The fraction of sp³-hybridized carbons (Fsp3) is 0.333. The molecule has 14 nitrogen and oxygen atoms in total. The van der Waals surface area contributed by atoms with Crippen LogP contribution in [0, 0.1) is 12.0 Å². The molecule has 0 N–H and O–H groups in total. The SMILES string of the molecule is CN(C)C=NS(=O)(=O)c1cccc(CC(C)(C)C)c1.O=C=O.[C-]#[N+]c1ccc(N2C(=O)C(C)(C)N(c3cccc(S(=O)(=O)N=CN(C)C)c3)C2=S)cc1Cl. The lowest BCUT2D eigenvalue weighted by molar-refractivity contribution is -0.191. The van der Waals surface area contributed by atoms with E-state index >= 15 is 0 Å². The Hall–Kier alpha value is -4.98. The van der Waals surface area contributed by atoms with Crippen molar-refractivity contribution in [2.24, 2.45) is 14.2 Å². The van der Waals surface area contributed by atoms with Crippen LogP contribution in [0.2, 0.25) is 5.02 Å². The fourth-order valence-corrected chi connectivity index (χ4v) is 7.51. The maximum atomic E-state index is 13.3. The summed E-state index contributed by atoms with van der Waals surface area (Å²) < 4.78 is 56.6. The van der Waals surface area contributed by atoms with Gasteiger partial charge in [-0.05, 0) is 85.9 Å². The smallest absolute Gasteiger partial charge is 0.368 e. The third-order valence-electron chi connectivity index (χ3n) is 7.12. The fourth-order valence-electron chi connectivity index (χ4n) is 4.83. The number of sulfonamides is 2. The lowest BCUT2D eigenvalue weighted by atomic mass is 9.88. The molecule has 1 aliphatic rings. The molecule has 0 saturated carbocycles. The second-order valence-corrected chi connectivity index (χ2v) is 17.9. The Morgan fingerprint density at radius 3 is 1.83 bits per heavy atom. The first-order valence-electron chi connectivity index (χ1n) is 15.9. The van der Waals surface area contributed by atoms with E-state index in [9.17, 15) is 21.6 Å². The molecule has 1 saturated heterocycles. The minimum Gasteiger partial charge on any atom is -0.368 e. The van der Waals surface area contributed by atoms with Crippen molar-refractivity contribution < 1.29 is 31.2 Å². The van der Waals surface area contributed by atoms with Crippen LogP contribution >= 0.6 is 23.8 Å². The number of amides is 1. The van der Waals surface area contributed by atoms with Crippen LogP contribution in [-0.4, -0.2) is 90.2 Å². The van der Waals surface area contributed by atoms with Gasteiger partial charge in [-0.25, -0.2) is 4.85 Å². The molecule has 3 aromatic rings. The molecule has 54 heavy (non-hydrogen) atoms. The zero-order chi connectivity index (χ0) is 41.2. The quantitative estimate of drug-likeness (QED) is 0.107. The van der Waals surface area contributed by atoms with E-state index < -0.39 is 25.6 Å². The number of anilines is 2.